The molecule has 4 aromatic rings. The number of carbonyl (C=O) groups excluding carboxylic acids is 1. The number of methoxy groups -OCH3 is 4. The molecule has 1 amide bonds. The highest BCUT2D eigenvalue weighted by Crippen LogP contribution is 2.46. The number of halogens is 1. The van der Waals surface area contributed by atoms with Gasteiger partial charge in [-0.3, -0.25) is 10.0 Å². The van der Waals surface area contributed by atoms with Crippen LogP contribution in [0.2, 0.25) is 5.02 Å². The zero-order chi connectivity index (χ0) is 35.8. The standard InChI is InChI=1S/C38H40ClNO9S/c1-23(50-29-14-12-28(39)13-15-29)49-36-24(9-8-16-40(43)38(42)30-10-6-7-11-31(30)41)17-25(18-33(36)44-2)27-21-32(48-22-27)26-19-34(45-3)37(47-5)35(20-26)46-4/h6-8,10-20,23,27,32,41,43H,9,21-22H2,1-5H3/b16-8+. The number of aromatic hydroxyl groups is 1. The first kappa shape index (κ1) is 36.7. The summed E-state index contributed by atoms with van der Waals surface area (Å²) in [5.41, 5.74) is 2.33. The van der Waals surface area contributed by atoms with E-state index in [9.17, 15) is 15.1 Å². The molecule has 1 heterocycles. The van der Waals surface area contributed by atoms with Crippen molar-refractivity contribution < 1.29 is 43.5 Å². The van der Waals surface area contributed by atoms with Crippen molar-refractivity contribution in [2.24, 2.45) is 0 Å². The van der Waals surface area contributed by atoms with Gasteiger partial charge in [-0.2, -0.15) is 5.06 Å². The smallest absolute Gasteiger partial charge is 0.285 e. The molecule has 3 atom stereocenters. The summed E-state index contributed by atoms with van der Waals surface area (Å²) in [7, 11) is 6.32. The molecule has 4 aromatic carbocycles. The van der Waals surface area contributed by atoms with E-state index in [2.05, 4.69) is 0 Å². The summed E-state index contributed by atoms with van der Waals surface area (Å²) in [4.78, 5) is 13.8. The summed E-state index contributed by atoms with van der Waals surface area (Å²) in [5, 5.41) is 21.7. The molecule has 0 aromatic heterocycles. The third-order valence-corrected chi connectivity index (χ3v) is 9.45. The van der Waals surface area contributed by atoms with Crippen molar-refractivity contribution in [3.05, 3.63) is 112 Å². The topological polar surface area (TPSA) is 116 Å². The molecule has 5 rings (SSSR count). The minimum absolute atomic E-state index is 0.0163. The van der Waals surface area contributed by atoms with E-state index in [1.165, 1.54) is 30.1 Å². The average Bonchev–Trinajstić information content (AvgIpc) is 3.63. The Labute approximate surface area is 301 Å². The number of carbonyl (C=O) groups is 1. The van der Waals surface area contributed by atoms with Gasteiger partial charge in [0, 0.05) is 27.6 Å². The van der Waals surface area contributed by atoms with E-state index in [4.69, 9.17) is 40.0 Å². The van der Waals surface area contributed by atoms with Crippen LogP contribution in [0.25, 0.3) is 0 Å². The Balaban J connectivity index is 1.42. The molecular formula is C38H40ClNO9S. The second kappa shape index (κ2) is 16.9. The summed E-state index contributed by atoms with van der Waals surface area (Å²) in [6.07, 6.45) is 3.64. The second-order valence-corrected chi connectivity index (χ2v) is 13.2. The zero-order valence-electron chi connectivity index (χ0n) is 28.4. The van der Waals surface area contributed by atoms with Crippen molar-refractivity contribution >= 4 is 29.3 Å². The number of allylic oxidation sites excluding steroid dienone is 1. The molecule has 50 heavy (non-hydrogen) atoms. The first-order valence-electron chi connectivity index (χ1n) is 15.8. The average molecular weight is 722 g/mol. The van der Waals surface area contributed by atoms with Crippen LogP contribution in [0.15, 0.2) is 90.0 Å². The van der Waals surface area contributed by atoms with Crippen molar-refractivity contribution in [2.45, 2.75) is 42.1 Å². The van der Waals surface area contributed by atoms with Crippen LogP contribution in [0.4, 0.5) is 0 Å². The summed E-state index contributed by atoms with van der Waals surface area (Å²) in [5.74, 6) is 1.71. The predicted molar refractivity (Wildman–Crippen MR) is 191 cm³/mol. The largest absolute Gasteiger partial charge is 0.507 e. The number of phenols is 1. The van der Waals surface area contributed by atoms with E-state index < -0.39 is 5.91 Å². The Bertz CT molecular complexity index is 1790. The fourth-order valence-corrected chi connectivity index (χ4v) is 6.70. The van der Waals surface area contributed by atoms with Crippen LogP contribution >= 0.6 is 23.4 Å². The molecule has 10 nitrogen and oxygen atoms in total. The number of rotatable bonds is 14. The van der Waals surface area contributed by atoms with E-state index >= 15 is 0 Å². The molecule has 264 valence electrons. The number of amides is 1. The SMILES string of the molecule is COc1cc(C2COC(c3cc(OC)c(OC)c(OC)c3)C2)cc(C/C=C/N(O)C(=O)c2ccccc2O)c1OC(C)Sc1ccc(Cl)cc1. The van der Waals surface area contributed by atoms with Gasteiger partial charge >= 0.3 is 0 Å². The minimum Gasteiger partial charge on any atom is -0.507 e. The fraction of sp³-hybridized carbons (Fsp3) is 0.289. The Morgan fingerprint density at radius 1 is 0.940 bits per heavy atom. The van der Waals surface area contributed by atoms with Crippen LogP contribution in [0.1, 0.15) is 52.4 Å². The first-order valence-corrected chi connectivity index (χ1v) is 17.1. The maximum absolute atomic E-state index is 12.8. The maximum atomic E-state index is 12.8. The summed E-state index contributed by atoms with van der Waals surface area (Å²) < 4.78 is 35.3. The molecule has 1 aliphatic heterocycles. The van der Waals surface area contributed by atoms with Crippen LogP contribution < -0.4 is 23.7 Å². The Hall–Kier alpha value is -4.55. The number of hydrogen-bond acceptors (Lipinski definition) is 10. The number of benzene rings is 4. The van der Waals surface area contributed by atoms with Gasteiger partial charge in [0.15, 0.2) is 23.0 Å². The van der Waals surface area contributed by atoms with Gasteiger partial charge in [0.05, 0.1) is 46.7 Å². The number of para-hydroxylation sites is 1. The third-order valence-electron chi connectivity index (χ3n) is 8.23. The molecule has 12 heteroatoms. The van der Waals surface area contributed by atoms with E-state index in [1.807, 2.05) is 55.5 Å². The maximum Gasteiger partial charge on any atom is 0.285 e. The van der Waals surface area contributed by atoms with Gasteiger partial charge in [0.1, 0.15) is 11.2 Å². The molecular weight excluding hydrogens is 682 g/mol. The Morgan fingerprint density at radius 3 is 2.22 bits per heavy atom. The molecule has 3 unspecified atom stereocenters. The predicted octanol–water partition coefficient (Wildman–Crippen LogP) is 8.43. The normalized spacial score (nSPS) is 16.2. The van der Waals surface area contributed by atoms with Crippen molar-refractivity contribution in [1.82, 2.24) is 5.06 Å². The van der Waals surface area contributed by atoms with Crippen molar-refractivity contribution in [1.29, 1.82) is 0 Å². The van der Waals surface area contributed by atoms with Crippen LogP contribution in [0.3, 0.4) is 0 Å². The lowest BCUT2D eigenvalue weighted by molar-refractivity contribution is -0.0206. The first-order chi connectivity index (χ1) is 24.1. The van der Waals surface area contributed by atoms with Crippen molar-refractivity contribution in [2.75, 3.05) is 35.0 Å². The van der Waals surface area contributed by atoms with E-state index in [0.29, 0.717) is 51.9 Å². The summed E-state index contributed by atoms with van der Waals surface area (Å²) >= 11 is 7.60. The van der Waals surface area contributed by atoms with E-state index in [0.717, 1.165) is 21.6 Å². The number of hydrogen-bond donors (Lipinski definition) is 2. The number of phenolic OH excluding ortho intramolecular Hbond substituents is 1. The van der Waals surface area contributed by atoms with Crippen LogP contribution in [0.5, 0.6) is 34.5 Å². The summed E-state index contributed by atoms with van der Waals surface area (Å²) in [6, 6.07) is 21.3. The number of thioether (sulfide) groups is 1. The molecule has 2 N–H and O–H groups in total. The highest BCUT2D eigenvalue weighted by atomic mass is 35.5. The molecule has 1 saturated heterocycles. The van der Waals surface area contributed by atoms with Gasteiger partial charge < -0.3 is 33.5 Å². The highest BCUT2D eigenvalue weighted by molar-refractivity contribution is 7.99. The van der Waals surface area contributed by atoms with Crippen LogP contribution in [-0.4, -0.2) is 61.8 Å². The van der Waals surface area contributed by atoms with E-state index in [-0.39, 0.29) is 35.2 Å². The molecule has 0 radical (unpaired) electrons. The van der Waals surface area contributed by atoms with E-state index in [1.54, 1.807) is 46.6 Å². The fourth-order valence-electron chi connectivity index (χ4n) is 5.75. The van der Waals surface area contributed by atoms with Gasteiger partial charge in [-0.15, -0.1) is 0 Å². The summed E-state index contributed by atoms with van der Waals surface area (Å²) in [6.45, 7) is 2.40. The van der Waals surface area contributed by atoms with Crippen LogP contribution in [0, 0.1) is 0 Å². The molecule has 0 aliphatic carbocycles. The molecule has 0 spiro atoms. The Kier molecular flexibility index (Phi) is 12.4. The lowest BCUT2D eigenvalue weighted by Gasteiger charge is -2.22. The van der Waals surface area contributed by atoms with Crippen molar-refractivity contribution in [3.63, 3.8) is 0 Å². The zero-order valence-corrected chi connectivity index (χ0v) is 30.0. The van der Waals surface area contributed by atoms with Gasteiger partial charge in [-0.05, 0) is 85.5 Å². The van der Waals surface area contributed by atoms with Gasteiger partial charge in [0.2, 0.25) is 5.75 Å². The molecule has 0 bridgehead atoms. The number of nitrogens with zero attached hydrogens (tertiary/aromatic N) is 1. The number of hydroxylamine groups is 2. The molecule has 1 fully saturated rings. The lowest BCUT2D eigenvalue weighted by atomic mass is 9.91. The number of ether oxygens (including phenoxy) is 6. The van der Waals surface area contributed by atoms with Crippen molar-refractivity contribution in [3.8, 4) is 34.5 Å². The lowest BCUT2D eigenvalue weighted by Crippen LogP contribution is -2.21. The van der Waals surface area contributed by atoms with Crippen LogP contribution in [-0.2, 0) is 11.2 Å². The highest BCUT2D eigenvalue weighted by Gasteiger charge is 2.31. The van der Waals surface area contributed by atoms with Gasteiger partial charge in [-0.25, -0.2) is 0 Å². The Morgan fingerprint density at radius 2 is 1.58 bits per heavy atom. The molecule has 1 aliphatic rings. The second-order valence-electron chi connectivity index (χ2n) is 11.4. The van der Waals surface area contributed by atoms with Gasteiger partial charge in [-0.1, -0.05) is 47.6 Å². The third kappa shape index (κ3) is 8.59. The minimum atomic E-state index is -0.768. The molecule has 0 saturated carbocycles. The van der Waals surface area contributed by atoms with Gasteiger partial charge in [0.25, 0.3) is 5.91 Å². The quantitative estimate of drug-likeness (QED) is 0.0569. The monoisotopic (exact) mass is 721 g/mol.